The van der Waals surface area contributed by atoms with Crippen LogP contribution in [0.5, 0.6) is 0 Å². The lowest BCUT2D eigenvalue weighted by molar-refractivity contribution is -0.121. The van der Waals surface area contributed by atoms with Crippen molar-refractivity contribution in [1.82, 2.24) is 25.0 Å². The van der Waals surface area contributed by atoms with Gasteiger partial charge in [-0.3, -0.25) is 9.48 Å². The minimum Gasteiger partial charge on any atom is -0.354 e. The SMILES string of the molecule is Cc1nc2c(c(C)nn2C)c(C)c1CCC(=O)NC[C@H](c1cccc(F)c1)N(C)C. The number of hydrogen-bond donors (Lipinski definition) is 1. The molecule has 1 amide bonds. The Morgan fingerprint density at radius 3 is 2.63 bits per heavy atom. The van der Waals surface area contributed by atoms with Crippen molar-refractivity contribution in [3.63, 3.8) is 0 Å². The Kier molecular flexibility index (Phi) is 6.51. The van der Waals surface area contributed by atoms with E-state index in [-0.39, 0.29) is 17.8 Å². The first-order chi connectivity index (χ1) is 14.2. The third kappa shape index (κ3) is 4.51. The summed E-state index contributed by atoms with van der Waals surface area (Å²) in [7, 11) is 5.74. The first kappa shape index (κ1) is 21.9. The summed E-state index contributed by atoms with van der Waals surface area (Å²) in [6, 6.07) is 6.42. The van der Waals surface area contributed by atoms with Gasteiger partial charge in [-0.2, -0.15) is 5.10 Å². The summed E-state index contributed by atoms with van der Waals surface area (Å²) < 4.78 is 15.4. The van der Waals surface area contributed by atoms with Crippen molar-refractivity contribution in [3.05, 3.63) is 58.2 Å². The van der Waals surface area contributed by atoms with Crippen LogP contribution in [-0.2, 0) is 18.3 Å². The number of fused-ring (bicyclic) bond motifs is 1. The zero-order chi connectivity index (χ0) is 22.0. The third-order valence-corrected chi connectivity index (χ3v) is 5.68. The van der Waals surface area contributed by atoms with Gasteiger partial charge < -0.3 is 10.2 Å². The summed E-state index contributed by atoms with van der Waals surface area (Å²) in [5, 5.41) is 8.54. The molecule has 1 atom stereocenters. The second kappa shape index (κ2) is 8.92. The summed E-state index contributed by atoms with van der Waals surface area (Å²) in [5.74, 6) is -0.301. The Hall–Kier alpha value is -2.80. The van der Waals surface area contributed by atoms with Crippen LogP contribution in [0.3, 0.4) is 0 Å². The number of amides is 1. The molecule has 3 rings (SSSR count). The molecule has 30 heavy (non-hydrogen) atoms. The smallest absolute Gasteiger partial charge is 0.220 e. The number of carbonyl (C=O) groups is 1. The summed E-state index contributed by atoms with van der Waals surface area (Å²) in [4.78, 5) is 19.2. The number of benzene rings is 1. The Bertz CT molecular complexity index is 1070. The average molecular weight is 412 g/mol. The highest BCUT2D eigenvalue weighted by molar-refractivity contribution is 5.84. The van der Waals surface area contributed by atoms with Crippen LogP contribution in [0.2, 0.25) is 0 Å². The Morgan fingerprint density at radius 1 is 1.23 bits per heavy atom. The predicted molar refractivity (Wildman–Crippen MR) is 117 cm³/mol. The molecule has 0 saturated carbocycles. The minimum absolute atomic E-state index is 0.0277. The van der Waals surface area contributed by atoms with E-state index in [9.17, 15) is 9.18 Å². The molecule has 0 aliphatic rings. The van der Waals surface area contributed by atoms with Crippen molar-refractivity contribution in [3.8, 4) is 0 Å². The lowest BCUT2D eigenvalue weighted by Gasteiger charge is -2.25. The number of nitrogens with zero attached hydrogens (tertiary/aromatic N) is 4. The molecule has 0 aliphatic heterocycles. The molecule has 0 saturated heterocycles. The van der Waals surface area contributed by atoms with E-state index in [1.807, 2.05) is 46.0 Å². The van der Waals surface area contributed by atoms with E-state index in [2.05, 4.69) is 17.3 Å². The van der Waals surface area contributed by atoms with Crippen LogP contribution in [0.15, 0.2) is 24.3 Å². The van der Waals surface area contributed by atoms with Crippen LogP contribution in [0.4, 0.5) is 4.39 Å². The minimum atomic E-state index is -0.273. The maximum absolute atomic E-state index is 13.6. The zero-order valence-electron chi connectivity index (χ0n) is 18.6. The van der Waals surface area contributed by atoms with Crippen molar-refractivity contribution < 1.29 is 9.18 Å². The summed E-state index contributed by atoms with van der Waals surface area (Å²) in [6.07, 6.45) is 0.991. The summed E-state index contributed by atoms with van der Waals surface area (Å²) in [6.45, 7) is 6.46. The Labute approximate surface area is 177 Å². The maximum Gasteiger partial charge on any atom is 0.220 e. The highest BCUT2D eigenvalue weighted by Gasteiger charge is 2.18. The van der Waals surface area contributed by atoms with E-state index in [0.717, 1.165) is 39.1 Å². The van der Waals surface area contributed by atoms with Gasteiger partial charge in [-0.1, -0.05) is 12.1 Å². The quantitative estimate of drug-likeness (QED) is 0.647. The van der Waals surface area contributed by atoms with Gasteiger partial charge in [0.2, 0.25) is 5.91 Å². The molecule has 0 aliphatic carbocycles. The number of rotatable bonds is 7. The molecule has 0 bridgehead atoms. The molecule has 7 heteroatoms. The van der Waals surface area contributed by atoms with Crippen LogP contribution < -0.4 is 5.32 Å². The van der Waals surface area contributed by atoms with E-state index in [0.29, 0.717) is 19.4 Å². The normalized spacial score (nSPS) is 12.5. The van der Waals surface area contributed by atoms with Gasteiger partial charge in [0.05, 0.1) is 11.7 Å². The van der Waals surface area contributed by atoms with Gasteiger partial charge in [0.15, 0.2) is 5.65 Å². The largest absolute Gasteiger partial charge is 0.354 e. The Morgan fingerprint density at radius 2 is 1.97 bits per heavy atom. The number of aromatic nitrogens is 3. The summed E-state index contributed by atoms with van der Waals surface area (Å²) >= 11 is 0. The van der Waals surface area contributed by atoms with Crippen LogP contribution in [0.1, 0.15) is 40.5 Å². The van der Waals surface area contributed by atoms with Crippen LogP contribution in [-0.4, -0.2) is 46.2 Å². The number of hydrogen-bond acceptors (Lipinski definition) is 4. The molecule has 2 heterocycles. The summed E-state index contributed by atoms with van der Waals surface area (Å²) in [5.41, 5.74) is 5.84. The molecule has 3 aromatic rings. The highest BCUT2D eigenvalue weighted by Crippen LogP contribution is 2.26. The lowest BCUT2D eigenvalue weighted by Crippen LogP contribution is -2.34. The van der Waals surface area contributed by atoms with Gasteiger partial charge >= 0.3 is 0 Å². The van der Waals surface area contributed by atoms with Gasteiger partial charge in [0.25, 0.3) is 0 Å². The number of pyridine rings is 1. The second-order valence-electron chi connectivity index (χ2n) is 8.05. The van der Waals surface area contributed by atoms with E-state index in [4.69, 9.17) is 4.98 Å². The van der Waals surface area contributed by atoms with Crippen molar-refractivity contribution >= 4 is 16.9 Å². The number of halogens is 1. The third-order valence-electron chi connectivity index (χ3n) is 5.68. The van der Waals surface area contributed by atoms with Crippen LogP contribution >= 0.6 is 0 Å². The van der Waals surface area contributed by atoms with Crippen molar-refractivity contribution in [1.29, 1.82) is 0 Å². The maximum atomic E-state index is 13.6. The van der Waals surface area contributed by atoms with Gasteiger partial charge in [-0.15, -0.1) is 0 Å². The highest BCUT2D eigenvalue weighted by atomic mass is 19.1. The molecule has 0 spiro atoms. The molecule has 1 N–H and O–H groups in total. The van der Waals surface area contributed by atoms with E-state index in [1.165, 1.54) is 12.1 Å². The molecule has 6 nitrogen and oxygen atoms in total. The fraction of sp³-hybridized carbons (Fsp3) is 0.435. The molecule has 0 fully saturated rings. The van der Waals surface area contributed by atoms with Crippen LogP contribution in [0, 0.1) is 26.6 Å². The van der Waals surface area contributed by atoms with E-state index >= 15 is 0 Å². The molecule has 160 valence electrons. The molecule has 0 radical (unpaired) electrons. The molecular formula is C23H30FN5O. The van der Waals surface area contributed by atoms with Crippen molar-refractivity contribution in [2.24, 2.45) is 7.05 Å². The second-order valence-corrected chi connectivity index (χ2v) is 8.05. The topological polar surface area (TPSA) is 63.1 Å². The molecular weight excluding hydrogens is 381 g/mol. The number of aryl methyl sites for hydroxylation is 4. The first-order valence-corrected chi connectivity index (χ1v) is 10.2. The van der Waals surface area contributed by atoms with Gasteiger partial charge in [0.1, 0.15) is 5.82 Å². The Balaban J connectivity index is 1.68. The molecule has 2 aromatic heterocycles. The average Bonchev–Trinajstić information content (AvgIpc) is 2.95. The van der Waals surface area contributed by atoms with E-state index in [1.54, 1.807) is 10.7 Å². The van der Waals surface area contributed by atoms with Gasteiger partial charge in [0, 0.05) is 31.1 Å². The zero-order valence-corrected chi connectivity index (χ0v) is 18.6. The van der Waals surface area contributed by atoms with E-state index < -0.39 is 0 Å². The number of likely N-dealkylation sites (N-methyl/N-ethyl adjacent to an activating group) is 1. The van der Waals surface area contributed by atoms with Gasteiger partial charge in [-0.25, -0.2) is 9.37 Å². The fourth-order valence-electron chi connectivity index (χ4n) is 4.08. The first-order valence-electron chi connectivity index (χ1n) is 10.2. The van der Waals surface area contributed by atoms with Gasteiger partial charge in [-0.05, 0) is 70.1 Å². The standard InChI is InChI=1S/C23H30FN5O/c1-14-19(15(2)26-23-22(14)16(3)27-29(23)6)10-11-21(30)25-13-20(28(4)5)17-8-7-9-18(24)12-17/h7-9,12,20H,10-11,13H2,1-6H3,(H,25,30)/t20-/m1/s1. The monoisotopic (exact) mass is 411 g/mol. The molecule has 0 unspecified atom stereocenters. The predicted octanol–water partition coefficient (Wildman–Crippen LogP) is 3.38. The number of carbonyl (C=O) groups excluding carboxylic acids is 1. The number of nitrogens with one attached hydrogen (secondary N) is 1. The van der Waals surface area contributed by atoms with Crippen molar-refractivity contribution in [2.75, 3.05) is 20.6 Å². The molecule has 1 aromatic carbocycles. The van der Waals surface area contributed by atoms with Crippen LogP contribution in [0.25, 0.3) is 11.0 Å². The lowest BCUT2D eigenvalue weighted by atomic mass is 9.99. The van der Waals surface area contributed by atoms with Crippen molar-refractivity contribution in [2.45, 2.75) is 39.7 Å². The fourth-order valence-corrected chi connectivity index (χ4v) is 4.08.